The van der Waals surface area contributed by atoms with Crippen molar-refractivity contribution < 1.29 is 0 Å². The van der Waals surface area contributed by atoms with E-state index in [2.05, 4.69) is 81.5 Å². The Labute approximate surface area is 147 Å². The summed E-state index contributed by atoms with van der Waals surface area (Å²) in [5, 5.41) is 0.932. The summed E-state index contributed by atoms with van der Waals surface area (Å²) in [6.07, 6.45) is 6.35. The summed E-state index contributed by atoms with van der Waals surface area (Å²) in [5.41, 5.74) is 5.76. The number of rotatable bonds is 4. The maximum absolute atomic E-state index is 3.57. The topological polar surface area (TPSA) is 3.24 Å². The monoisotopic (exact) mass is 367 g/mol. The Balaban J connectivity index is 1.56. The van der Waals surface area contributed by atoms with Gasteiger partial charge in [0.15, 0.2) is 0 Å². The Bertz CT molecular complexity index is 707. The lowest BCUT2D eigenvalue weighted by Crippen LogP contribution is -2.37. The average molecular weight is 368 g/mol. The first kappa shape index (κ1) is 15.2. The van der Waals surface area contributed by atoms with Gasteiger partial charge in [-0.2, -0.15) is 0 Å². The zero-order chi connectivity index (χ0) is 15.6. The molecular weight excluding hydrogens is 346 g/mol. The number of hydrogen-bond donors (Lipinski definition) is 0. The van der Waals surface area contributed by atoms with Crippen molar-refractivity contribution in [1.29, 1.82) is 0 Å². The Morgan fingerprint density at radius 2 is 1.78 bits per heavy atom. The second-order valence-electron chi connectivity index (χ2n) is 6.69. The lowest BCUT2D eigenvalue weighted by molar-refractivity contribution is 0.203. The molecule has 2 bridgehead atoms. The maximum atomic E-state index is 3.57. The van der Waals surface area contributed by atoms with Gasteiger partial charge in [0.1, 0.15) is 0 Å². The fourth-order valence-corrected chi connectivity index (χ4v) is 4.38. The number of hydrogen-bond acceptors (Lipinski definition) is 1. The van der Waals surface area contributed by atoms with E-state index in [-0.39, 0.29) is 0 Å². The van der Waals surface area contributed by atoms with Gasteiger partial charge in [0, 0.05) is 24.0 Å². The second-order valence-corrected chi connectivity index (χ2v) is 7.25. The molecule has 0 radical (unpaired) electrons. The normalized spacial score (nSPS) is 23.8. The Hall–Kier alpha value is -1.38. The van der Waals surface area contributed by atoms with Crippen LogP contribution in [0.3, 0.4) is 0 Å². The van der Waals surface area contributed by atoms with Crippen molar-refractivity contribution in [3.63, 3.8) is 0 Å². The number of alkyl halides is 1. The van der Waals surface area contributed by atoms with Crippen LogP contribution in [0.1, 0.15) is 36.0 Å². The molecule has 1 fully saturated rings. The molecule has 23 heavy (non-hydrogen) atoms. The van der Waals surface area contributed by atoms with Gasteiger partial charge in [0.2, 0.25) is 0 Å². The van der Waals surface area contributed by atoms with E-state index in [9.17, 15) is 0 Å². The first-order valence-electron chi connectivity index (χ1n) is 8.49. The second kappa shape index (κ2) is 6.62. The van der Waals surface area contributed by atoms with E-state index in [0.717, 1.165) is 11.9 Å². The lowest BCUT2D eigenvalue weighted by Gasteiger charge is -2.34. The van der Waals surface area contributed by atoms with Gasteiger partial charge in [-0.3, -0.25) is 4.90 Å². The number of benzene rings is 2. The summed E-state index contributed by atoms with van der Waals surface area (Å²) in [6, 6.07) is 21.2. The van der Waals surface area contributed by atoms with E-state index in [1.165, 1.54) is 36.0 Å². The molecule has 0 aromatic heterocycles. The van der Waals surface area contributed by atoms with Crippen LogP contribution in [0.4, 0.5) is 0 Å². The number of fused-ring (bicyclic) bond motifs is 2. The summed E-state index contributed by atoms with van der Waals surface area (Å²) >= 11 is 3.57. The van der Waals surface area contributed by atoms with Crippen LogP contribution in [0.25, 0.3) is 5.57 Å². The molecule has 2 aromatic carbocycles. The minimum atomic E-state index is 0.608. The van der Waals surface area contributed by atoms with E-state index in [1.807, 2.05) is 0 Å². The summed E-state index contributed by atoms with van der Waals surface area (Å²) in [5.74, 6) is 0. The predicted molar refractivity (Wildman–Crippen MR) is 100 cm³/mol. The number of halogens is 1. The summed E-state index contributed by atoms with van der Waals surface area (Å²) < 4.78 is 0. The highest BCUT2D eigenvalue weighted by molar-refractivity contribution is 9.08. The fraction of sp³-hybridized carbons (Fsp3) is 0.333. The molecule has 1 saturated heterocycles. The largest absolute Gasteiger partial charge is 0.289 e. The van der Waals surface area contributed by atoms with E-state index in [4.69, 9.17) is 0 Å². The van der Waals surface area contributed by atoms with Crippen molar-refractivity contribution in [2.75, 3.05) is 0 Å². The first-order chi connectivity index (χ1) is 11.3. The van der Waals surface area contributed by atoms with Crippen LogP contribution in [-0.4, -0.2) is 17.0 Å². The molecule has 2 atom stereocenters. The molecule has 2 aliphatic heterocycles. The van der Waals surface area contributed by atoms with Crippen LogP contribution < -0.4 is 0 Å². The Morgan fingerprint density at radius 1 is 0.957 bits per heavy atom. The lowest BCUT2D eigenvalue weighted by atomic mass is 9.93. The average Bonchev–Trinajstić information content (AvgIpc) is 2.84. The van der Waals surface area contributed by atoms with Gasteiger partial charge in [-0.15, -0.1) is 0 Å². The highest BCUT2D eigenvalue weighted by Crippen LogP contribution is 2.39. The molecule has 1 nitrogen and oxygen atoms in total. The smallest absolute Gasteiger partial charge is 0.0291 e. The van der Waals surface area contributed by atoms with E-state index in [0.29, 0.717) is 12.1 Å². The van der Waals surface area contributed by atoms with Gasteiger partial charge in [0.25, 0.3) is 0 Å². The van der Waals surface area contributed by atoms with Crippen LogP contribution >= 0.6 is 15.9 Å². The molecule has 0 spiro atoms. The summed E-state index contributed by atoms with van der Waals surface area (Å²) in [6.45, 7) is 1.08. The van der Waals surface area contributed by atoms with E-state index in [1.54, 1.807) is 5.57 Å². The molecule has 0 aliphatic carbocycles. The van der Waals surface area contributed by atoms with Gasteiger partial charge in [0.05, 0.1) is 0 Å². The Kier molecular flexibility index (Phi) is 4.37. The molecule has 0 N–H and O–H groups in total. The maximum Gasteiger partial charge on any atom is 0.0291 e. The third-order valence-corrected chi connectivity index (χ3v) is 5.85. The van der Waals surface area contributed by atoms with Gasteiger partial charge >= 0.3 is 0 Å². The van der Waals surface area contributed by atoms with Crippen molar-refractivity contribution in [3.05, 3.63) is 77.4 Å². The first-order valence-corrected chi connectivity index (χ1v) is 9.61. The molecule has 2 heterocycles. The molecule has 0 saturated carbocycles. The zero-order valence-corrected chi connectivity index (χ0v) is 14.9. The van der Waals surface area contributed by atoms with Crippen LogP contribution in [0.2, 0.25) is 0 Å². The minimum Gasteiger partial charge on any atom is -0.289 e. The zero-order valence-electron chi connectivity index (χ0n) is 13.3. The molecule has 2 aliphatic rings. The standard InChI is InChI=1S/C21H22BrN/c22-14-17-7-4-8-18(11-17)19-12-20-9-10-21(13-19)23(20)15-16-5-2-1-3-6-16/h1-8,11-12,20-21H,9-10,13-15H2. The molecule has 4 rings (SSSR count). The van der Waals surface area contributed by atoms with Crippen molar-refractivity contribution >= 4 is 21.5 Å². The van der Waals surface area contributed by atoms with Crippen molar-refractivity contribution in [2.45, 2.75) is 43.2 Å². The van der Waals surface area contributed by atoms with Crippen LogP contribution in [0.15, 0.2) is 60.7 Å². The summed E-state index contributed by atoms with van der Waals surface area (Å²) in [4.78, 5) is 2.70. The molecule has 2 unspecified atom stereocenters. The van der Waals surface area contributed by atoms with Crippen molar-refractivity contribution in [1.82, 2.24) is 4.90 Å². The SMILES string of the molecule is BrCc1cccc(C2=CC3CCC(C2)N3Cc2ccccc2)c1. The quantitative estimate of drug-likeness (QED) is 0.653. The van der Waals surface area contributed by atoms with Crippen LogP contribution in [0.5, 0.6) is 0 Å². The van der Waals surface area contributed by atoms with Crippen molar-refractivity contribution in [2.24, 2.45) is 0 Å². The van der Waals surface area contributed by atoms with E-state index < -0.39 is 0 Å². The van der Waals surface area contributed by atoms with Gasteiger partial charge in [-0.1, -0.05) is 76.6 Å². The third-order valence-electron chi connectivity index (χ3n) is 5.20. The predicted octanol–water partition coefficient (Wildman–Crippen LogP) is 5.40. The van der Waals surface area contributed by atoms with E-state index >= 15 is 0 Å². The molecule has 2 aromatic rings. The minimum absolute atomic E-state index is 0.608. The van der Waals surface area contributed by atoms with Crippen molar-refractivity contribution in [3.8, 4) is 0 Å². The molecule has 2 heteroatoms. The highest BCUT2D eigenvalue weighted by Gasteiger charge is 2.36. The molecular formula is C21H22BrN. The summed E-state index contributed by atoms with van der Waals surface area (Å²) in [7, 11) is 0. The molecule has 0 amide bonds. The van der Waals surface area contributed by atoms with Gasteiger partial charge in [-0.25, -0.2) is 0 Å². The van der Waals surface area contributed by atoms with Gasteiger partial charge in [-0.05, 0) is 41.5 Å². The molecule has 118 valence electrons. The Morgan fingerprint density at radius 3 is 2.57 bits per heavy atom. The van der Waals surface area contributed by atoms with Crippen LogP contribution in [-0.2, 0) is 11.9 Å². The van der Waals surface area contributed by atoms with Crippen LogP contribution in [0, 0.1) is 0 Å². The highest BCUT2D eigenvalue weighted by atomic mass is 79.9. The fourth-order valence-electron chi connectivity index (χ4n) is 4.03. The number of nitrogens with zero attached hydrogens (tertiary/aromatic N) is 1. The third kappa shape index (κ3) is 3.15. The van der Waals surface area contributed by atoms with Gasteiger partial charge < -0.3 is 0 Å².